The van der Waals surface area contributed by atoms with Gasteiger partial charge in [-0.15, -0.1) is 0 Å². The zero-order chi connectivity index (χ0) is 20.9. The van der Waals surface area contributed by atoms with Crippen molar-refractivity contribution in [1.29, 1.82) is 0 Å². The standard InChI is InChI=1S/C29H45F/c1-3-5-6-7-8-9-22-11-16-27-25(19-22)15-17-28(29(27)30)26-14-13-23-18-21(4-2)10-12-24(23)20-26/h15,17,21-24,26H,3-14,16,18-20H2,1-2H3. The normalized spacial score (nSPS) is 31.2. The topological polar surface area (TPSA) is 0 Å². The van der Waals surface area contributed by atoms with Gasteiger partial charge in [-0.2, -0.15) is 0 Å². The molecular formula is C29H45F. The van der Waals surface area contributed by atoms with Crippen LogP contribution in [-0.2, 0) is 12.8 Å². The number of rotatable bonds is 8. The molecule has 1 aromatic rings. The molecular weight excluding hydrogens is 367 g/mol. The highest BCUT2D eigenvalue weighted by atomic mass is 19.1. The summed E-state index contributed by atoms with van der Waals surface area (Å²) in [6.07, 6.45) is 20.9. The maximum absolute atomic E-state index is 15.6. The SMILES string of the molecule is CCCCCCCC1CCc2c(ccc(C3CCC4CC(CC)CCC4C3)c2F)C1. The fraction of sp³-hybridized carbons (Fsp3) is 0.793. The van der Waals surface area contributed by atoms with E-state index in [2.05, 4.69) is 26.0 Å². The van der Waals surface area contributed by atoms with Crippen molar-refractivity contribution in [3.05, 3.63) is 34.6 Å². The van der Waals surface area contributed by atoms with Crippen molar-refractivity contribution in [1.82, 2.24) is 0 Å². The van der Waals surface area contributed by atoms with Crippen molar-refractivity contribution < 1.29 is 4.39 Å². The zero-order valence-electron chi connectivity index (χ0n) is 19.7. The van der Waals surface area contributed by atoms with Crippen LogP contribution < -0.4 is 0 Å². The highest BCUT2D eigenvalue weighted by molar-refractivity contribution is 5.38. The number of halogens is 1. The molecule has 0 amide bonds. The van der Waals surface area contributed by atoms with E-state index in [1.54, 1.807) is 0 Å². The molecule has 0 N–H and O–H groups in total. The van der Waals surface area contributed by atoms with Crippen molar-refractivity contribution in [3.63, 3.8) is 0 Å². The summed E-state index contributed by atoms with van der Waals surface area (Å²) in [5, 5.41) is 0. The maximum Gasteiger partial charge on any atom is 0.130 e. The van der Waals surface area contributed by atoms with Gasteiger partial charge < -0.3 is 0 Å². The summed E-state index contributed by atoms with van der Waals surface area (Å²) in [4.78, 5) is 0. The van der Waals surface area contributed by atoms with Crippen molar-refractivity contribution >= 4 is 0 Å². The summed E-state index contributed by atoms with van der Waals surface area (Å²) < 4.78 is 15.6. The summed E-state index contributed by atoms with van der Waals surface area (Å²) in [6.45, 7) is 4.64. The smallest absolute Gasteiger partial charge is 0.130 e. The lowest BCUT2D eigenvalue weighted by molar-refractivity contribution is 0.115. The monoisotopic (exact) mass is 412 g/mol. The zero-order valence-corrected chi connectivity index (χ0v) is 19.7. The van der Waals surface area contributed by atoms with Gasteiger partial charge in [0.05, 0.1) is 0 Å². The molecule has 0 aromatic heterocycles. The average molecular weight is 413 g/mol. The summed E-state index contributed by atoms with van der Waals surface area (Å²) in [5.74, 6) is 4.21. The second-order valence-electron chi connectivity index (χ2n) is 11.0. The largest absolute Gasteiger partial charge is 0.206 e. The van der Waals surface area contributed by atoms with Gasteiger partial charge in [0.15, 0.2) is 0 Å². The first kappa shape index (κ1) is 22.3. The van der Waals surface area contributed by atoms with Crippen LogP contribution in [0, 0.1) is 29.5 Å². The minimum absolute atomic E-state index is 0.194. The second kappa shape index (κ2) is 10.6. The molecule has 5 unspecified atom stereocenters. The quantitative estimate of drug-likeness (QED) is 0.374. The van der Waals surface area contributed by atoms with Crippen molar-refractivity contribution in [3.8, 4) is 0 Å². The van der Waals surface area contributed by atoms with Crippen LogP contribution in [0.5, 0.6) is 0 Å². The molecule has 2 fully saturated rings. The molecule has 1 aromatic carbocycles. The Hall–Kier alpha value is -0.850. The first-order chi connectivity index (χ1) is 14.7. The van der Waals surface area contributed by atoms with E-state index in [1.165, 1.54) is 95.5 Å². The third-order valence-electron chi connectivity index (χ3n) is 9.14. The second-order valence-corrected chi connectivity index (χ2v) is 11.0. The number of fused-ring (bicyclic) bond motifs is 2. The van der Waals surface area contributed by atoms with Gasteiger partial charge >= 0.3 is 0 Å². The third kappa shape index (κ3) is 5.13. The van der Waals surface area contributed by atoms with Crippen LogP contribution in [0.4, 0.5) is 4.39 Å². The molecule has 0 aliphatic heterocycles. The molecule has 0 heterocycles. The molecule has 0 saturated heterocycles. The first-order valence-corrected chi connectivity index (χ1v) is 13.5. The van der Waals surface area contributed by atoms with Crippen LogP contribution in [0.1, 0.15) is 126 Å². The number of benzene rings is 1. The van der Waals surface area contributed by atoms with Gasteiger partial charge in [-0.3, -0.25) is 0 Å². The molecule has 2 saturated carbocycles. The fourth-order valence-electron chi connectivity index (χ4n) is 7.14. The molecule has 0 radical (unpaired) electrons. The molecule has 0 bridgehead atoms. The Bertz CT molecular complexity index is 677. The molecule has 0 spiro atoms. The van der Waals surface area contributed by atoms with Crippen LogP contribution in [0.2, 0.25) is 0 Å². The summed E-state index contributed by atoms with van der Waals surface area (Å²) in [5.41, 5.74) is 3.49. The average Bonchev–Trinajstić information content (AvgIpc) is 2.78. The molecule has 3 aliphatic carbocycles. The van der Waals surface area contributed by atoms with Gasteiger partial charge in [0, 0.05) is 0 Å². The van der Waals surface area contributed by atoms with E-state index in [1.807, 2.05) is 0 Å². The highest BCUT2D eigenvalue weighted by Crippen LogP contribution is 2.49. The van der Waals surface area contributed by atoms with Crippen LogP contribution in [-0.4, -0.2) is 0 Å². The minimum Gasteiger partial charge on any atom is -0.206 e. The summed E-state index contributed by atoms with van der Waals surface area (Å²) in [6, 6.07) is 4.51. The number of hydrogen-bond acceptors (Lipinski definition) is 0. The molecule has 1 heteroatoms. The summed E-state index contributed by atoms with van der Waals surface area (Å²) >= 11 is 0. The van der Waals surface area contributed by atoms with E-state index in [4.69, 9.17) is 0 Å². The Kier molecular flexibility index (Phi) is 7.93. The van der Waals surface area contributed by atoms with Crippen LogP contribution in [0.15, 0.2) is 12.1 Å². The van der Waals surface area contributed by atoms with Crippen LogP contribution >= 0.6 is 0 Å². The van der Waals surface area contributed by atoms with Gasteiger partial charge in [-0.25, -0.2) is 4.39 Å². The Morgan fingerprint density at radius 2 is 1.63 bits per heavy atom. The van der Waals surface area contributed by atoms with Gasteiger partial charge in [-0.05, 0) is 97.6 Å². The third-order valence-corrected chi connectivity index (χ3v) is 9.14. The van der Waals surface area contributed by atoms with Gasteiger partial charge in [-0.1, -0.05) is 77.3 Å². The highest BCUT2D eigenvalue weighted by Gasteiger charge is 2.36. The Labute approximate surface area is 185 Å². The van der Waals surface area contributed by atoms with Crippen molar-refractivity contribution in [2.45, 2.75) is 122 Å². The van der Waals surface area contributed by atoms with Gasteiger partial charge in [0.2, 0.25) is 0 Å². The van der Waals surface area contributed by atoms with E-state index in [0.717, 1.165) is 47.6 Å². The fourth-order valence-corrected chi connectivity index (χ4v) is 7.14. The van der Waals surface area contributed by atoms with Crippen LogP contribution in [0.3, 0.4) is 0 Å². The number of unbranched alkanes of at least 4 members (excludes halogenated alkanes) is 4. The molecule has 5 atom stereocenters. The molecule has 4 rings (SSSR count). The van der Waals surface area contributed by atoms with E-state index in [9.17, 15) is 0 Å². The van der Waals surface area contributed by atoms with Crippen LogP contribution in [0.25, 0.3) is 0 Å². The predicted molar refractivity (Wildman–Crippen MR) is 126 cm³/mol. The lowest BCUT2D eigenvalue weighted by atomic mass is 9.63. The van der Waals surface area contributed by atoms with E-state index in [0.29, 0.717) is 5.92 Å². The Morgan fingerprint density at radius 3 is 2.47 bits per heavy atom. The molecule has 30 heavy (non-hydrogen) atoms. The Morgan fingerprint density at radius 1 is 0.833 bits per heavy atom. The van der Waals surface area contributed by atoms with Gasteiger partial charge in [0.1, 0.15) is 5.82 Å². The number of hydrogen-bond donors (Lipinski definition) is 0. The maximum atomic E-state index is 15.6. The first-order valence-electron chi connectivity index (χ1n) is 13.5. The van der Waals surface area contributed by atoms with E-state index in [-0.39, 0.29) is 5.82 Å². The van der Waals surface area contributed by atoms with Gasteiger partial charge in [0.25, 0.3) is 0 Å². The molecule has 0 nitrogen and oxygen atoms in total. The van der Waals surface area contributed by atoms with E-state index >= 15 is 4.39 Å². The van der Waals surface area contributed by atoms with Crippen molar-refractivity contribution in [2.24, 2.45) is 23.7 Å². The van der Waals surface area contributed by atoms with Crippen molar-refractivity contribution in [2.75, 3.05) is 0 Å². The lowest BCUT2D eigenvalue weighted by Crippen LogP contribution is -2.30. The minimum atomic E-state index is 0.194. The van der Waals surface area contributed by atoms with E-state index < -0.39 is 0 Å². The Balaban J connectivity index is 1.35. The molecule has 168 valence electrons. The summed E-state index contributed by atoms with van der Waals surface area (Å²) in [7, 11) is 0. The lowest BCUT2D eigenvalue weighted by Gasteiger charge is -2.42. The predicted octanol–water partition coefficient (Wildman–Crippen LogP) is 9.00. The molecule has 3 aliphatic rings.